The van der Waals surface area contributed by atoms with E-state index in [2.05, 4.69) is 30.5 Å². The van der Waals surface area contributed by atoms with Gasteiger partial charge in [-0.3, -0.25) is 4.68 Å². The van der Waals surface area contributed by atoms with E-state index in [0.717, 1.165) is 43.0 Å². The minimum atomic E-state index is 0.673. The molecule has 0 aliphatic rings. The monoisotopic (exact) mass is 256 g/mol. The average molecular weight is 256 g/mol. The number of aromatic nitrogens is 2. The van der Waals surface area contributed by atoms with E-state index in [0.29, 0.717) is 5.25 Å². The predicted octanol–water partition coefficient (Wildman–Crippen LogP) is 2.51. The first-order valence-electron chi connectivity index (χ1n) is 6.18. The molecule has 1 rings (SSSR count). The van der Waals surface area contributed by atoms with E-state index < -0.39 is 0 Å². The number of thioether (sulfide) groups is 1. The maximum Gasteiger partial charge on any atom is 0.147 e. The number of nitrogens with one attached hydrogen (secondary N) is 1. The van der Waals surface area contributed by atoms with Crippen LogP contribution in [0.25, 0.3) is 0 Å². The minimum absolute atomic E-state index is 0.673. The zero-order chi connectivity index (χ0) is 12.8. The number of hydrogen-bond acceptors (Lipinski definition) is 4. The first-order valence-corrected chi connectivity index (χ1v) is 7.46. The van der Waals surface area contributed by atoms with Crippen molar-refractivity contribution in [1.29, 1.82) is 0 Å². The fourth-order valence-electron chi connectivity index (χ4n) is 1.74. The summed E-state index contributed by atoms with van der Waals surface area (Å²) >= 11 is 1.89. The Labute approximate surface area is 108 Å². The summed E-state index contributed by atoms with van der Waals surface area (Å²) in [4.78, 5) is 0. The van der Waals surface area contributed by atoms with Gasteiger partial charge in [-0.25, -0.2) is 0 Å². The molecule has 1 heterocycles. The van der Waals surface area contributed by atoms with Gasteiger partial charge in [-0.05, 0) is 19.1 Å². The van der Waals surface area contributed by atoms with E-state index >= 15 is 0 Å². The lowest BCUT2D eigenvalue weighted by atomic mass is 10.2. The molecule has 3 N–H and O–H groups in total. The highest BCUT2D eigenvalue weighted by molar-refractivity contribution is 7.99. The van der Waals surface area contributed by atoms with Crippen LogP contribution in [0.2, 0.25) is 0 Å². The van der Waals surface area contributed by atoms with Gasteiger partial charge in [-0.15, -0.1) is 0 Å². The van der Waals surface area contributed by atoms with E-state index in [1.54, 1.807) is 0 Å². The summed E-state index contributed by atoms with van der Waals surface area (Å²) < 4.78 is 1.85. The van der Waals surface area contributed by atoms with Crippen LogP contribution < -0.4 is 11.1 Å². The van der Waals surface area contributed by atoms with Crippen LogP contribution in [0.3, 0.4) is 0 Å². The lowest BCUT2D eigenvalue weighted by Gasteiger charge is -2.10. The molecule has 0 fully saturated rings. The predicted molar refractivity (Wildman–Crippen MR) is 77.7 cm³/mol. The Morgan fingerprint density at radius 3 is 2.82 bits per heavy atom. The molecule has 4 nitrogen and oxygen atoms in total. The van der Waals surface area contributed by atoms with Crippen molar-refractivity contribution in [3.8, 4) is 0 Å². The Kier molecular flexibility index (Phi) is 5.68. The quantitative estimate of drug-likeness (QED) is 0.787. The number of hydrogen-bond donors (Lipinski definition) is 2. The van der Waals surface area contributed by atoms with E-state index in [-0.39, 0.29) is 0 Å². The van der Waals surface area contributed by atoms with Crippen LogP contribution in [0.15, 0.2) is 0 Å². The van der Waals surface area contributed by atoms with Gasteiger partial charge in [0, 0.05) is 18.8 Å². The molecule has 0 spiro atoms. The summed E-state index contributed by atoms with van der Waals surface area (Å²) in [5.74, 6) is 0.960. The van der Waals surface area contributed by atoms with Gasteiger partial charge in [0.25, 0.3) is 0 Å². The van der Waals surface area contributed by atoms with Crippen molar-refractivity contribution in [1.82, 2.24) is 9.78 Å². The van der Waals surface area contributed by atoms with Crippen LogP contribution in [-0.4, -0.2) is 27.8 Å². The van der Waals surface area contributed by atoms with Gasteiger partial charge in [-0.1, -0.05) is 20.3 Å². The maximum atomic E-state index is 6.09. The summed E-state index contributed by atoms with van der Waals surface area (Å²) in [6, 6.07) is 0. The summed E-state index contributed by atoms with van der Waals surface area (Å²) in [6.45, 7) is 5.32. The van der Waals surface area contributed by atoms with Crippen LogP contribution >= 0.6 is 11.8 Å². The fraction of sp³-hybridized carbons (Fsp3) is 0.750. The van der Waals surface area contributed by atoms with Gasteiger partial charge in [0.15, 0.2) is 0 Å². The third-order valence-corrected chi connectivity index (χ3v) is 3.93. The first kappa shape index (κ1) is 14.2. The largest absolute Gasteiger partial charge is 0.394 e. The topological polar surface area (TPSA) is 55.9 Å². The Balaban J connectivity index is 2.58. The Morgan fingerprint density at radius 2 is 2.24 bits per heavy atom. The molecule has 0 bridgehead atoms. The van der Waals surface area contributed by atoms with Crippen molar-refractivity contribution in [2.45, 2.75) is 38.4 Å². The highest BCUT2D eigenvalue weighted by Crippen LogP contribution is 2.23. The number of nitrogens with two attached hydrogens (primary N) is 1. The van der Waals surface area contributed by atoms with Crippen molar-refractivity contribution in [2.24, 2.45) is 7.05 Å². The lowest BCUT2D eigenvalue weighted by Crippen LogP contribution is -2.11. The average Bonchev–Trinajstić information content (AvgIpc) is 2.57. The minimum Gasteiger partial charge on any atom is -0.394 e. The second kappa shape index (κ2) is 6.79. The Hall–Kier alpha value is -0.840. The van der Waals surface area contributed by atoms with Crippen LogP contribution in [0.4, 0.5) is 11.5 Å². The zero-order valence-corrected chi connectivity index (χ0v) is 12.1. The molecule has 0 aromatic carbocycles. The van der Waals surface area contributed by atoms with Crippen LogP contribution in [0, 0.1) is 0 Å². The van der Waals surface area contributed by atoms with E-state index in [4.69, 9.17) is 5.73 Å². The second-order valence-corrected chi connectivity index (χ2v) is 5.62. The van der Waals surface area contributed by atoms with Gasteiger partial charge in [-0.2, -0.15) is 16.9 Å². The van der Waals surface area contributed by atoms with Gasteiger partial charge in [0.1, 0.15) is 5.82 Å². The number of nitrogens with zero attached hydrogens (tertiary/aromatic N) is 2. The molecule has 0 radical (unpaired) electrons. The molecule has 0 saturated carbocycles. The number of rotatable bonds is 7. The third-order valence-electron chi connectivity index (χ3n) is 2.89. The number of aryl methyl sites for hydroxylation is 2. The van der Waals surface area contributed by atoms with Crippen molar-refractivity contribution in [3.63, 3.8) is 0 Å². The molecule has 1 aromatic heterocycles. The van der Waals surface area contributed by atoms with Crippen LogP contribution in [0.1, 0.15) is 32.4 Å². The van der Waals surface area contributed by atoms with Gasteiger partial charge < -0.3 is 11.1 Å². The number of nitrogen functional groups attached to an aromatic ring is 1. The van der Waals surface area contributed by atoms with Crippen molar-refractivity contribution >= 4 is 23.3 Å². The molecule has 1 aromatic rings. The summed E-state index contributed by atoms with van der Waals surface area (Å²) in [7, 11) is 1.94. The lowest BCUT2D eigenvalue weighted by molar-refractivity contribution is 0.731. The molecule has 1 unspecified atom stereocenters. The van der Waals surface area contributed by atoms with E-state index in [1.807, 2.05) is 23.5 Å². The first-order chi connectivity index (χ1) is 8.10. The van der Waals surface area contributed by atoms with Crippen molar-refractivity contribution in [2.75, 3.05) is 23.9 Å². The van der Waals surface area contributed by atoms with Gasteiger partial charge in [0.05, 0.1) is 11.4 Å². The molecular formula is C12H24N4S. The smallest absolute Gasteiger partial charge is 0.147 e. The molecule has 0 aliphatic carbocycles. The standard InChI is InChI=1S/C12H24N4S/c1-5-6-10-11(13)12(16(3)15-10)14-8-7-9(2)17-4/h9,14H,5-8,13H2,1-4H3. The molecule has 0 amide bonds. The highest BCUT2D eigenvalue weighted by atomic mass is 32.2. The van der Waals surface area contributed by atoms with Gasteiger partial charge in [0.2, 0.25) is 0 Å². The fourth-order valence-corrected chi connectivity index (χ4v) is 2.09. The molecule has 0 aliphatic heterocycles. The maximum absolute atomic E-state index is 6.09. The summed E-state index contributed by atoms with van der Waals surface area (Å²) in [5, 5.41) is 8.50. The SMILES string of the molecule is CCCc1nn(C)c(NCCC(C)SC)c1N. The van der Waals surface area contributed by atoms with Crippen molar-refractivity contribution in [3.05, 3.63) is 5.69 Å². The molecule has 1 atom stereocenters. The third kappa shape index (κ3) is 3.84. The van der Waals surface area contributed by atoms with Gasteiger partial charge >= 0.3 is 0 Å². The van der Waals surface area contributed by atoms with E-state index in [1.165, 1.54) is 0 Å². The normalized spacial score (nSPS) is 12.7. The highest BCUT2D eigenvalue weighted by Gasteiger charge is 2.12. The second-order valence-electron chi connectivity index (χ2n) is 4.34. The Bertz CT molecular complexity index is 349. The molecule has 0 saturated heterocycles. The molecular weight excluding hydrogens is 232 g/mol. The van der Waals surface area contributed by atoms with Crippen LogP contribution in [-0.2, 0) is 13.5 Å². The zero-order valence-electron chi connectivity index (χ0n) is 11.3. The Morgan fingerprint density at radius 1 is 1.53 bits per heavy atom. The number of anilines is 2. The van der Waals surface area contributed by atoms with Crippen molar-refractivity contribution < 1.29 is 0 Å². The molecule has 98 valence electrons. The molecule has 5 heteroatoms. The summed E-state index contributed by atoms with van der Waals surface area (Å²) in [5.41, 5.74) is 7.91. The van der Waals surface area contributed by atoms with Crippen LogP contribution in [0.5, 0.6) is 0 Å². The summed E-state index contributed by atoms with van der Waals surface area (Å²) in [6.07, 6.45) is 5.30. The van der Waals surface area contributed by atoms with E-state index in [9.17, 15) is 0 Å². The molecule has 17 heavy (non-hydrogen) atoms.